The van der Waals surface area contributed by atoms with E-state index in [1.165, 1.54) is 7.11 Å². The molecule has 2 unspecified atom stereocenters. The van der Waals surface area contributed by atoms with Gasteiger partial charge >= 0.3 is 6.09 Å². The number of aliphatic hydroxyl groups is 1. The minimum Gasteiger partial charge on any atom is -0.453 e. The highest BCUT2D eigenvalue weighted by molar-refractivity contribution is 5.67. The van der Waals surface area contributed by atoms with E-state index in [4.69, 9.17) is 6.42 Å². The predicted molar refractivity (Wildman–Crippen MR) is 73.4 cm³/mol. The molecule has 0 saturated carbocycles. The zero-order valence-electron chi connectivity index (χ0n) is 11.2. The van der Waals surface area contributed by atoms with Gasteiger partial charge in [0.05, 0.1) is 13.2 Å². The number of hydrogen-bond acceptors (Lipinski definition) is 3. The molecule has 0 aliphatic rings. The number of hydrogen-bond donors (Lipinski definition) is 2. The molecular formula is C15H19NO3. The third kappa shape index (κ3) is 4.01. The Labute approximate surface area is 113 Å². The van der Waals surface area contributed by atoms with E-state index in [0.717, 1.165) is 0 Å². The first-order valence-electron chi connectivity index (χ1n) is 6.08. The van der Waals surface area contributed by atoms with Gasteiger partial charge in [0.2, 0.25) is 0 Å². The molecule has 1 rings (SSSR count). The molecule has 0 aliphatic carbocycles. The topological polar surface area (TPSA) is 58.6 Å². The van der Waals surface area contributed by atoms with E-state index in [2.05, 4.69) is 16.0 Å². The molecule has 0 spiro atoms. The lowest BCUT2D eigenvalue weighted by molar-refractivity contribution is 0.0123. The molecule has 19 heavy (non-hydrogen) atoms. The summed E-state index contributed by atoms with van der Waals surface area (Å²) in [6.45, 7) is 1.65. The highest BCUT2D eigenvalue weighted by Crippen LogP contribution is 2.27. The minimum absolute atomic E-state index is 0.456. The van der Waals surface area contributed by atoms with Gasteiger partial charge < -0.3 is 15.2 Å². The second-order valence-electron chi connectivity index (χ2n) is 4.44. The molecule has 0 bridgehead atoms. The standard InChI is InChI=1S/C15H19NO3/c1-4-5-11-13(16-14(17)19-3)15(2,18)12-9-7-6-8-10-12/h1,6-10,13,18H,5,11H2,2-3H3,(H,16,17). The van der Waals surface area contributed by atoms with Crippen molar-refractivity contribution in [1.82, 2.24) is 5.32 Å². The summed E-state index contributed by atoms with van der Waals surface area (Å²) in [5.41, 5.74) is -0.500. The third-order valence-corrected chi connectivity index (χ3v) is 3.09. The van der Waals surface area contributed by atoms with Gasteiger partial charge in [0.1, 0.15) is 5.60 Å². The summed E-state index contributed by atoms with van der Waals surface area (Å²) in [4.78, 5) is 11.4. The van der Waals surface area contributed by atoms with E-state index in [9.17, 15) is 9.90 Å². The lowest BCUT2D eigenvalue weighted by Gasteiger charge is -2.33. The Morgan fingerprint density at radius 1 is 1.53 bits per heavy atom. The second kappa shape index (κ2) is 6.81. The lowest BCUT2D eigenvalue weighted by atomic mass is 9.86. The monoisotopic (exact) mass is 261 g/mol. The van der Waals surface area contributed by atoms with Gasteiger partial charge in [-0.25, -0.2) is 4.79 Å². The number of rotatable bonds is 5. The first kappa shape index (κ1) is 15.1. The number of methoxy groups -OCH3 is 1. The van der Waals surface area contributed by atoms with E-state index >= 15 is 0 Å². The van der Waals surface area contributed by atoms with Crippen molar-refractivity contribution in [3.05, 3.63) is 35.9 Å². The van der Waals surface area contributed by atoms with Gasteiger partial charge in [-0.15, -0.1) is 12.3 Å². The summed E-state index contributed by atoms with van der Waals surface area (Å²) in [6.07, 6.45) is 5.58. The van der Waals surface area contributed by atoms with Gasteiger partial charge in [-0.1, -0.05) is 30.3 Å². The lowest BCUT2D eigenvalue weighted by Crippen LogP contribution is -2.49. The minimum atomic E-state index is -1.22. The maximum absolute atomic E-state index is 11.4. The first-order chi connectivity index (χ1) is 9.02. The van der Waals surface area contributed by atoms with E-state index in [1.807, 2.05) is 30.3 Å². The molecule has 1 amide bonds. The molecule has 1 aromatic rings. The van der Waals surface area contributed by atoms with Crippen LogP contribution in [0.1, 0.15) is 25.3 Å². The normalized spacial score (nSPS) is 14.8. The smallest absolute Gasteiger partial charge is 0.407 e. The molecule has 102 valence electrons. The molecule has 2 N–H and O–H groups in total. The van der Waals surface area contributed by atoms with Crippen molar-refractivity contribution in [2.24, 2.45) is 0 Å². The highest BCUT2D eigenvalue weighted by atomic mass is 16.5. The van der Waals surface area contributed by atoms with Crippen molar-refractivity contribution in [2.45, 2.75) is 31.4 Å². The summed E-state index contributed by atoms with van der Waals surface area (Å²) in [6, 6.07) is 8.63. The van der Waals surface area contributed by atoms with Crippen LogP contribution in [0.15, 0.2) is 30.3 Å². The van der Waals surface area contributed by atoms with Crippen molar-refractivity contribution in [3.8, 4) is 12.3 Å². The van der Waals surface area contributed by atoms with Crippen LogP contribution >= 0.6 is 0 Å². The van der Waals surface area contributed by atoms with Crippen LogP contribution in [0.3, 0.4) is 0 Å². The van der Waals surface area contributed by atoms with Crippen LogP contribution < -0.4 is 5.32 Å². The number of benzene rings is 1. The molecule has 1 aromatic carbocycles. The molecular weight excluding hydrogens is 242 g/mol. The van der Waals surface area contributed by atoms with E-state index in [1.54, 1.807) is 6.92 Å². The largest absolute Gasteiger partial charge is 0.453 e. The van der Waals surface area contributed by atoms with Gasteiger partial charge in [-0.05, 0) is 18.9 Å². The molecule has 0 aliphatic heterocycles. The molecule has 4 heteroatoms. The fraction of sp³-hybridized carbons (Fsp3) is 0.400. The van der Waals surface area contributed by atoms with Crippen LogP contribution in [0.25, 0.3) is 0 Å². The van der Waals surface area contributed by atoms with Crippen molar-refractivity contribution >= 4 is 6.09 Å². The van der Waals surface area contributed by atoms with Crippen LogP contribution in [0.4, 0.5) is 4.79 Å². The highest BCUT2D eigenvalue weighted by Gasteiger charge is 2.34. The number of ether oxygens (including phenoxy) is 1. The van der Waals surface area contributed by atoms with E-state index in [-0.39, 0.29) is 0 Å². The fourth-order valence-corrected chi connectivity index (χ4v) is 1.90. The van der Waals surface area contributed by atoms with Crippen molar-refractivity contribution in [2.75, 3.05) is 7.11 Å². The first-order valence-corrected chi connectivity index (χ1v) is 6.08. The molecule has 0 radical (unpaired) electrons. The van der Waals surface area contributed by atoms with Gasteiger partial charge in [-0.2, -0.15) is 0 Å². The van der Waals surface area contributed by atoms with Crippen LogP contribution in [0.5, 0.6) is 0 Å². The Morgan fingerprint density at radius 3 is 2.68 bits per heavy atom. The fourth-order valence-electron chi connectivity index (χ4n) is 1.90. The number of carbonyl (C=O) groups is 1. The van der Waals surface area contributed by atoms with Gasteiger partial charge in [0.25, 0.3) is 0 Å². The molecule has 0 fully saturated rings. The summed E-state index contributed by atoms with van der Waals surface area (Å²) >= 11 is 0. The Balaban J connectivity index is 2.94. The summed E-state index contributed by atoms with van der Waals surface area (Å²) in [5, 5.41) is 13.3. The molecule has 0 aromatic heterocycles. The number of carbonyl (C=O) groups excluding carboxylic acids is 1. The van der Waals surface area contributed by atoms with Crippen LogP contribution in [-0.4, -0.2) is 24.4 Å². The summed E-state index contributed by atoms with van der Waals surface area (Å²) < 4.78 is 4.58. The number of alkyl carbamates (subject to hydrolysis) is 1. The van der Waals surface area contributed by atoms with Crippen molar-refractivity contribution in [3.63, 3.8) is 0 Å². The average molecular weight is 261 g/mol. The number of amides is 1. The van der Waals surface area contributed by atoms with Crippen LogP contribution in [-0.2, 0) is 10.3 Å². The molecule has 0 heterocycles. The van der Waals surface area contributed by atoms with E-state index < -0.39 is 17.7 Å². The maximum atomic E-state index is 11.4. The van der Waals surface area contributed by atoms with Crippen molar-refractivity contribution in [1.29, 1.82) is 0 Å². The van der Waals surface area contributed by atoms with Gasteiger partial charge in [0, 0.05) is 6.42 Å². The maximum Gasteiger partial charge on any atom is 0.407 e. The Hall–Kier alpha value is -1.99. The molecule has 4 nitrogen and oxygen atoms in total. The third-order valence-electron chi connectivity index (χ3n) is 3.09. The Bertz CT molecular complexity index is 448. The SMILES string of the molecule is C#CCCC(NC(=O)OC)C(C)(O)c1ccccc1. The summed E-state index contributed by atoms with van der Waals surface area (Å²) in [5.74, 6) is 2.51. The molecule has 2 atom stereocenters. The Morgan fingerprint density at radius 2 is 2.16 bits per heavy atom. The quantitative estimate of drug-likeness (QED) is 0.797. The van der Waals surface area contributed by atoms with Crippen molar-refractivity contribution < 1.29 is 14.6 Å². The summed E-state index contributed by atoms with van der Waals surface area (Å²) in [7, 11) is 1.28. The van der Waals surface area contributed by atoms with Crippen LogP contribution in [0.2, 0.25) is 0 Å². The van der Waals surface area contributed by atoms with Gasteiger partial charge in [0.15, 0.2) is 0 Å². The second-order valence-corrected chi connectivity index (χ2v) is 4.44. The Kier molecular flexibility index (Phi) is 5.40. The zero-order valence-corrected chi connectivity index (χ0v) is 11.2. The zero-order chi connectivity index (χ0) is 14.3. The predicted octanol–water partition coefficient (Wildman–Crippen LogP) is 2.03. The van der Waals surface area contributed by atoms with Gasteiger partial charge in [-0.3, -0.25) is 0 Å². The number of terminal acetylenes is 1. The van der Waals surface area contributed by atoms with E-state index in [0.29, 0.717) is 18.4 Å². The number of nitrogens with one attached hydrogen (secondary N) is 1. The molecule has 0 saturated heterocycles. The average Bonchev–Trinajstić information content (AvgIpc) is 2.43. The van der Waals surface area contributed by atoms with Crippen LogP contribution in [0, 0.1) is 12.3 Å².